The van der Waals surface area contributed by atoms with Crippen LogP contribution < -0.4 is 5.32 Å². The lowest BCUT2D eigenvalue weighted by Gasteiger charge is -2.28. The monoisotopic (exact) mass is 282 g/mol. The van der Waals surface area contributed by atoms with Gasteiger partial charge in [-0.25, -0.2) is 4.52 Å². The standard InChI is InChI=1S/C16H18N4O/c1-12-8-9-14-17-15(19-20(14)10-12)18-16(2,11-21)13-6-4-3-5-7-13/h3-10,21H,11H2,1-2H3,(H,18,19). The van der Waals surface area contributed by atoms with Gasteiger partial charge in [0.25, 0.3) is 0 Å². The summed E-state index contributed by atoms with van der Waals surface area (Å²) in [4.78, 5) is 4.44. The van der Waals surface area contributed by atoms with Crippen molar-refractivity contribution < 1.29 is 5.11 Å². The zero-order chi connectivity index (χ0) is 14.9. The molecule has 1 atom stereocenters. The van der Waals surface area contributed by atoms with Gasteiger partial charge in [0, 0.05) is 6.20 Å². The second-order valence-electron chi connectivity index (χ2n) is 5.43. The summed E-state index contributed by atoms with van der Waals surface area (Å²) >= 11 is 0. The van der Waals surface area contributed by atoms with Crippen LogP contribution in [-0.2, 0) is 5.54 Å². The second-order valence-corrected chi connectivity index (χ2v) is 5.43. The van der Waals surface area contributed by atoms with E-state index in [1.165, 1.54) is 0 Å². The van der Waals surface area contributed by atoms with Crippen LogP contribution in [0, 0.1) is 6.92 Å². The van der Waals surface area contributed by atoms with E-state index in [0.717, 1.165) is 16.8 Å². The molecule has 0 aliphatic heterocycles. The maximum atomic E-state index is 9.79. The van der Waals surface area contributed by atoms with Gasteiger partial charge in [-0.05, 0) is 31.0 Å². The van der Waals surface area contributed by atoms with Gasteiger partial charge in [-0.1, -0.05) is 36.4 Å². The summed E-state index contributed by atoms with van der Waals surface area (Å²) in [6, 6.07) is 13.7. The summed E-state index contributed by atoms with van der Waals surface area (Å²) < 4.78 is 1.74. The average Bonchev–Trinajstić information content (AvgIpc) is 2.89. The molecular formula is C16H18N4O. The van der Waals surface area contributed by atoms with Gasteiger partial charge in [0.05, 0.1) is 12.1 Å². The van der Waals surface area contributed by atoms with Gasteiger partial charge in [0.2, 0.25) is 5.95 Å². The lowest BCUT2D eigenvalue weighted by Crippen LogP contribution is -2.36. The number of aliphatic hydroxyl groups is 1. The molecule has 0 aliphatic carbocycles. The summed E-state index contributed by atoms with van der Waals surface area (Å²) in [6.45, 7) is 3.89. The van der Waals surface area contributed by atoms with E-state index in [2.05, 4.69) is 15.4 Å². The van der Waals surface area contributed by atoms with Gasteiger partial charge in [0.15, 0.2) is 5.65 Å². The van der Waals surface area contributed by atoms with Crippen molar-refractivity contribution in [2.75, 3.05) is 11.9 Å². The molecule has 21 heavy (non-hydrogen) atoms. The molecule has 5 heteroatoms. The van der Waals surface area contributed by atoms with Gasteiger partial charge < -0.3 is 10.4 Å². The van der Waals surface area contributed by atoms with Crippen LogP contribution in [0.3, 0.4) is 0 Å². The molecule has 0 bridgehead atoms. The van der Waals surface area contributed by atoms with Crippen LogP contribution in [0.15, 0.2) is 48.7 Å². The number of hydrogen-bond donors (Lipinski definition) is 2. The van der Waals surface area contributed by atoms with Gasteiger partial charge in [-0.15, -0.1) is 5.10 Å². The molecule has 0 fully saturated rings. The molecule has 5 nitrogen and oxygen atoms in total. The number of nitrogens with one attached hydrogen (secondary N) is 1. The van der Waals surface area contributed by atoms with Gasteiger partial charge in [0.1, 0.15) is 0 Å². The summed E-state index contributed by atoms with van der Waals surface area (Å²) in [7, 11) is 0. The van der Waals surface area contributed by atoms with Crippen molar-refractivity contribution in [2.24, 2.45) is 0 Å². The summed E-state index contributed by atoms with van der Waals surface area (Å²) in [5.41, 5.74) is 2.26. The highest BCUT2D eigenvalue weighted by molar-refractivity contribution is 5.46. The fourth-order valence-corrected chi connectivity index (χ4v) is 2.29. The zero-order valence-electron chi connectivity index (χ0n) is 12.1. The number of benzene rings is 1. The zero-order valence-corrected chi connectivity index (χ0v) is 12.1. The first-order chi connectivity index (χ1) is 10.1. The van der Waals surface area contributed by atoms with E-state index < -0.39 is 5.54 Å². The first-order valence-corrected chi connectivity index (χ1v) is 6.88. The molecular weight excluding hydrogens is 264 g/mol. The lowest BCUT2D eigenvalue weighted by atomic mass is 9.93. The highest BCUT2D eigenvalue weighted by atomic mass is 16.3. The third-order valence-electron chi connectivity index (χ3n) is 3.59. The number of anilines is 1. The Morgan fingerprint density at radius 2 is 1.95 bits per heavy atom. The quantitative estimate of drug-likeness (QED) is 0.771. The minimum absolute atomic E-state index is 0.0500. The number of rotatable bonds is 4. The van der Waals surface area contributed by atoms with Crippen LogP contribution in [0.4, 0.5) is 5.95 Å². The summed E-state index contributed by atoms with van der Waals surface area (Å²) in [6.07, 6.45) is 1.92. The molecule has 0 saturated heterocycles. The molecule has 0 radical (unpaired) electrons. The first-order valence-electron chi connectivity index (χ1n) is 6.88. The van der Waals surface area contributed by atoms with E-state index in [1.807, 2.05) is 62.5 Å². The molecule has 0 spiro atoms. The van der Waals surface area contributed by atoms with Crippen LogP contribution in [0.2, 0.25) is 0 Å². The molecule has 3 rings (SSSR count). The van der Waals surface area contributed by atoms with Crippen molar-refractivity contribution in [3.63, 3.8) is 0 Å². The third kappa shape index (κ3) is 2.60. The van der Waals surface area contributed by atoms with E-state index >= 15 is 0 Å². The molecule has 1 aromatic carbocycles. The Morgan fingerprint density at radius 3 is 2.67 bits per heavy atom. The molecule has 2 N–H and O–H groups in total. The predicted molar refractivity (Wildman–Crippen MR) is 82.2 cm³/mol. The van der Waals surface area contributed by atoms with Gasteiger partial charge in [-0.2, -0.15) is 4.98 Å². The topological polar surface area (TPSA) is 62.5 Å². The van der Waals surface area contributed by atoms with Crippen molar-refractivity contribution in [3.05, 3.63) is 59.8 Å². The van der Waals surface area contributed by atoms with Crippen molar-refractivity contribution in [3.8, 4) is 0 Å². The molecule has 0 saturated carbocycles. The number of nitrogens with zero attached hydrogens (tertiary/aromatic N) is 3. The Hall–Kier alpha value is -2.40. The van der Waals surface area contributed by atoms with Crippen LogP contribution in [0.25, 0.3) is 5.65 Å². The largest absolute Gasteiger partial charge is 0.394 e. The van der Waals surface area contributed by atoms with E-state index in [1.54, 1.807) is 4.52 Å². The number of aryl methyl sites for hydroxylation is 1. The Balaban J connectivity index is 1.95. The van der Waals surface area contributed by atoms with Crippen molar-refractivity contribution in [2.45, 2.75) is 19.4 Å². The predicted octanol–water partition coefficient (Wildman–Crippen LogP) is 2.36. The van der Waals surface area contributed by atoms with E-state index in [-0.39, 0.29) is 6.61 Å². The first kappa shape index (κ1) is 13.6. The number of hydrogen-bond acceptors (Lipinski definition) is 4. The van der Waals surface area contributed by atoms with E-state index in [9.17, 15) is 5.11 Å². The lowest BCUT2D eigenvalue weighted by molar-refractivity contribution is 0.223. The fraction of sp³-hybridized carbons (Fsp3) is 0.250. The van der Waals surface area contributed by atoms with Crippen molar-refractivity contribution in [1.29, 1.82) is 0 Å². The smallest absolute Gasteiger partial charge is 0.243 e. The number of fused-ring (bicyclic) bond motifs is 1. The number of aromatic nitrogens is 3. The third-order valence-corrected chi connectivity index (χ3v) is 3.59. The summed E-state index contributed by atoms with van der Waals surface area (Å²) in [5, 5.41) is 17.4. The number of aliphatic hydroxyl groups excluding tert-OH is 1. The Bertz CT molecular complexity index is 753. The molecule has 1 unspecified atom stereocenters. The van der Waals surface area contributed by atoms with E-state index in [0.29, 0.717) is 5.95 Å². The minimum Gasteiger partial charge on any atom is -0.394 e. The van der Waals surface area contributed by atoms with Crippen molar-refractivity contribution in [1.82, 2.24) is 14.6 Å². The Kier molecular flexibility index (Phi) is 3.35. The minimum atomic E-state index is -0.624. The fourth-order valence-electron chi connectivity index (χ4n) is 2.29. The normalized spacial score (nSPS) is 14.0. The molecule has 0 amide bonds. The molecule has 108 valence electrons. The Labute approximate surface area is 123 Å². The van der Waals surface area contributed by atoms with Crippen LogP contribution in [0.1, 0.15) is 18.1 Å². The summed E-state index contributed by atoms with van der Waals surface area (Å²) in [5.74, 6) is 0.501. The molecule has 0 aliphatic rings. The highest BCUT2D eigenvalue weighted by Crippen LogP contribution is 2.24. The second kappa shape index (κ2) is 5.18. The van der Waals surface area contributed by atoms with Crippen LogP contribution in [-0.4, -0.2) is 26.3 Å². The van der Waals surface area contributed by atoms with E-state index in [4.69, 9.17) is 0 Å². The van der Waals surface area contributed by atoms with Crippen molar-refractivity contribution >= 4 is 11.6 Å². The van der Waals surface area contributed by atoms with Crippen LogP contribution in [0.5, 0.6) is 0 Å². The maximum Gasteiger partial charge on any atom is 0.243 e. The molecule has 3 aromatic rings. The Morgan fingerprint density at radius 1 is 1.19 bits per heavy atom. The maximum absolute atomic E-state index is 9.79. The average molecular weight is 282 g/mol. The molecule has 2 aromatic heterocycles. The van der Waals surface area contributed by atoms with Gasteiger partial charge >= 0.3 is 0 Å². The molecule has 2 heterocycles. The SMILES string of the molecule is Cc1ccc2nc(NC(C)(CO)c3ccccc3)nn2c1. The van der Waals surface area contributed by atoms with Gasteiger partial charge in [-0.3, -0.25) is 0 Å². The highest BCUT2D eigenvalue weighted by Gasteiger charge is 2.27. The number of pyridine rings is 1. The van der Waals surface area contributed by atoms with Crippen LogP contribution >= 0.6 is 0 Å².